The third-order valence-corrected chi connectivity index (χ3v) is 6.79. The zero-order chi connectivity index (χ0) is 22.7. The molecule has 1 heterocycles. The zero-order valence-electron chi connectivity index (χ0n) is 18.4. The summed E-state index contributed by atoms with van der Waals surface area (Å²) in [5.41, 5.74) is 5.98. The molecule has 0 atom stereocenters. The van der Waals surface area contributed by atoms with Crippen molar-refractivity contribution in [1.82, 2.24) is 4.98 Å². The summed E-state index contributed by atoms with van der Waals surface area (Å²) in [5.74, 6) is 0.00205. The predicted octanol–water partition coefficient (Wildman–Crippen LogP) is 7.55. The highest BCUT2D eigenvalue weighted by Gasteiger charge is 2.25. The number of benzene rings is 3. The molecule has 0 N–H and O–H groups in total. The molecule has 1 aromatic heterocycles. The molecule has 162 valence electrons. The highest BCUT2D eigenvalue weighted by Crippen LogP contribution is 2.38. The van der Waals surface area contributed by atoms with Gasteiger partial charge in [0.25, 0.3) is 0 Å². The number of halogens is 1. The van der Waals surface area contributed by atoms with Crippen LogP contribution in [0.3, 0.4) is 0 Å². The maximum Gasteiger partial charge on any atom is 0.237 e. The number of hydrogen-bond acceptors (Lipinski definition) is 3. The molecule has 1 amide bonds. The van der Waals surface area contributed by atoms with Crippen LogP contribution in [0.15, 0.2) is 72.8 Å². The average molecular weight is 461 g/mol. The van der Waals surface area contributed by atoms with Crippen LogP contribution in [-0.2, 0) is 17.6 Å². The Hall–Kier alpha value is -2.95. The van der Waals surface area contributed by atoms with Gasteiger partial charge in [0.1, 0.15) is 0 Å². The van der Waals surface area contributed by atoms with Crippen molar-refractivity contribution in [3.05, 3.63) is 99.4 Å². The van der Waals surface area contributed by atoms with E-state index >= 15 is 0 Å². The number of carbonyl (C=O) groups is 1. The van der Waals surface area contributed by atoms with Gasteiger partial charge in [-0.3, -0.25) is 9.69 Å². The fraction of sp³-hybridized carbons (Fsp3) is 0.185. The molecule has 5 heteroatoms. The first-order chi connectivity index (χ1) is 15.5. The second-order valence-electron chi connectivity index (χ2n) is 7.81. The number of amides is 1. The van der Waals surface area contributed by atoms with Gasteiger partial charge in [-0.05, 0) is 49.6 Å². The van der Waals surface area contributed by atoms with E-state index in [0.717, 1.165) is 44.9 Å². The quantitative estimate of drug-likeness (QED) is 0.297. The molecule has 4 rings (SSSR count). The van der Waals surface area contributed by atoms with Crippen molar-refractivity contribution in [2.24, 2.45) is 0 Å². The van der Waals surface area contributed by atoms with Gasteiger partial charge in [0.2, 0.25) is 5.91 Å². The van der Waals surface area contributed by atoms with E-state index < -0.39 is 0 Å². The van der Waals surface area contributed by atoms with Gasteiger partial charge >= 0.3 is 0 Å². The Morgan fingerprint density at radius 1 is 1.00 bits per heavy atom. The van der Waals surface area contributed by atoms with Crippen molar-refractivity contribution in [2.75, 3.05) is 4.90 Å². The number of aromatic nitrogens is 1. The fourth-order valence-corrected chi connectivity index (χ4v) is 4.94. The van der Waals surface area contributed by atoms with Crippen LogP contribution in [0.4, 0.5) is 10.8 Å². The minimum atomic E-state index is 0.00205. The van der Waals surface area contributed by atoms with E-state index in [1.165, 1.54) is 0 Å². The second-order valence-corrected chi connectivity index (χ2v) is 9.31. The second kappa shape index (κ2) is 9.68. The molecule has 0 spiro atoms. The van der Waals surface area contributed by atoms with E-state index in [9.17, 15) is 4.79 Å². The van der Waals surface area contributed by atoms with Gasteiger partial charge in [0.05, 0.1) is 17.8 Å². The smallest absolute Gasteiger partial charge is 0.237 e. The molecule has 0 unspecified atom stereocenters. The number of hydrogen-bond donors (Lipinski definition) is 0. The first-order valence-corrected chi connectivity index (χ1v) is 11.9. The van der Waals surface area contributed by atoms with E-state index in [4.69, 9.17) is 16.6 Å². The van der Waals surface area contributed by atoms with Gasteiger partial charge in [0.15, 0.2) is 5.13 Å². The van der Waals surface area contributed by atoms with Crippen LogP contribution >= 0.6 is 22.9 Å². The molecule has 0 fully saturated rings. The SMILES string of the molecule is CCc1sc(N(C(=O)Cc2ccccc2)c2ccc(C)cc2C)nc1-c1ccc(Cl)cc1. The molecule has 0 aliphatic rings. The Bertz CT molecular complexity index is 1230. The van der Waals surface area contributed by atoms with Crippen LogP contribution in [0.1, 0.15) is 28.5 Å². The van der Waals surface area contributed by atoms with E-state index in [1.54, 1.807) is 16.2 Å². The minimum absolute atomic E-state index is 0.00205. The van der Waals surface area contributed by atoms with Gasteiger partial charge in [0, 0.05) is 15.5 Å². The van der Waals surface area contributed by atoms with Crippen molar-refractivity contribution >= 4 is 39.7 Å². The highest BCUT2D eigenvalue weighted by atomic mass is 35.5. The highest BCUT2D eigenvalue weighted by molar-refractivity contribution is 7.16. The molecule has 0 saturated carbocycles. The molecule has 3 nitrogen and oxygen atoms in total. The lowest BCUT2D eigenvalue weighted by Gasteiger charge is -2.22. The maximum atomic E-state index is 13.6. The molecular formula is C27H25ClN2OS. The lowest BCUT2D eigenvalue weighted by Crippen LogP contribution is -2.28. The Morgan fingerprint density at radius 2 is 1.72 bits per heavy atom. The van der Waals surface area contributed by atoms with Gasteiger partial charge in [-0.15, -0.1) is 11.3 Å². The third kappa shape index (κ3) is 4.77. The summed E-state index contributed by atoms with van der Waals surface area (Å²) in [6.45, 7) is 6.22. The molecule has 0 radical (unpaired) electrons. The summed E-state index contributed by atoms with van der Waals surface area (Å²) in [6, 6.07) is 23.7. The van der Waals surface area contributed by atoms with E-state index in [1.807, 2.05) is 73.7 Å². The number of anilines is 2. The summed E-state index contributed by atoms with van der Waals surface area (Å²) in [7, 11) is 0. The molecule has 4 aromatic rings. The maximum absolute atomic E-state index is 13.6. The lowest BCUT2D eigenvalue weighted by molar-refractivity contribution is -0.117. The zero-order valence-corrected chi connectivity index (χ0v) is 20.0. The minimum Gasteiger partial charge on any atom is -0.274 e. The first-order valence-electron chi connectivity index (χ1n) is 10.7. The summed E-state index contributed by atoms with van der Waals surface area (Å²) in [5, 5.41) is 1.39. The Morgan fingerprint density at radius 3 is 2.38 bits per heavy atom. The van der Waals surface area contributed by atoms with Crippen LogP contribution in [0.25, 0.3) is 11.3 Å². The summed E-state index contributed by atoms with van der Waals surface area (Å²) >= 11 is 7.66. The molecule has 0 saturated heterocycles. The number of carbonyl (C=O) groups excluding carboxylic acids is 1. The van der Waals surface area contributed by atoms with Gasteiger partial charge < -0.3 is 0 Å². The molecule has 0 aliphatic carbocycles. The van der Waals surface area contributed by atoms with Crippen LogP contribution < -0.4 is 4.90 Å². The molecule has 3 aromatic carbocycles. The standard InChI is InChI=1S/C27H25ClN2OS/c1-4-24-26(21-11-13-22(28)14-12-21)29-27(32-24)30(23-15-10-18(2)16-19(23)3)25(31)17-20-8-6-5-7-9-20/h5-16H,4,17H2,1-3H3. The summed E-state index contributed by atoms with van der Waals surface area (Å²) in [4.78, 5) is 21.5. The lowest BCUT2D eigenvalue weighted by atomic mass is 10.1. The average Bonchev–Trinajstić information content (AvgIpc) is 3.20. The van der Waals surface area contributed by atoms with Crippen LogP contribution in [-0.4, -0.2) is 10.9 Å². The molecular weight excluding hydrogens is 436 g/mol. The van der Waals surface area contributed by atoms with Crippen molar-refractivity contribution in [1.29, 1.82) is 0 Å². The summed E-state index contributed by atoms with van der Waals surface area (Å²) < 4.78 is 0. The van der Waals surface area contributed by atoms with Crippen LogP contribution in [0, 0.1) is 13.8 Å². The molecule has 0 aliphatic heterocycles. The fourth-order valence-electron chi connectivity index (χ4n) is 3.76. The normalized spacial score (nSPS) is 10.9. The van der Waals surface area contributed by atoms with Crippen LogP contribution in [0.5, 0.6) is 0 Å². The monoisotopic (exact) mass is 460 g/mol. The molecule has 0 bridgehead atoms. The Kier molecular flexibility index (Phi) is 6.73. The molecule has 32 heavy (non-hydrogen) atoms. The van der Waals surface area contributed by atoms with Crippen molar-refractivity contribution < 1.29 is 4.79 Å². The third-order valence-electron chi connectivity index (χ3n) is 5.36. The number of aryl methyl sites for hydroxylation is 3. The van der Waals surface area contributed by atoms with Crippen molar-refractivity contribution in [3.63, 3.8) is 0 Å². The Labute approximate surface area is 198 Å². The van der Waals surface area contributed by atoms with Crippen molar-refractivity contribution in [2.45, 2.75) is 33.6 Å². The predicted molar refractivity (Wildman–Crippen MR) is 135 cm³/mol. The van der Waals surface area contributed by atoms with Gasteiger partial charge in [-0.2, -0.15) is 0 Å². The van der Waals surface area contributed by atoms with E-state index in [2.05, 4.69) is 19.9 Å². The first kappa shape index (κ1) is 22.3. The van der Waals surface area contributed by atoms with E-state index in [0.29, 0.717) is 16.6 Å². The van der Waals surface area contributed by atoms with Gasteiger partial charge in [-0.25, -0.2) is 4.98 Å². The largest absolute Gasteiger partial charge is 0.274 e. The number of nitrogens with zero attached hydrogens (tertiary/aromatic N) is 2. The number of thiazole rings is 1. The van der Waals surface area contributed by atoms with Gasteiger partial charge in [-0.1, -0.05) is 78.7 Å². The summed E-state index contributed by atoms with van der Waals surface area (Å²) in [6.07, 6.45) is 1.15. The van der Waals surface area contributed by atoms with E-state index in [-0.39, 0.29) is 5.91 Å². The van der Waals surface area contributed by atoms with Crippen LogP contribution in [0.2, 0.25) is 5.02 Å². The topological polar surface area (TPSA) is 33.2 Å². The number of rotatable bonds is 6. The van der Waals surface area contributed by atoms with Crippen molar-refractivity contribution in [3.8, 4) is 11.3 Å². The Balaban J connectivity index is 1.81.